The SMILES string of the molecule is COC1=CC(=O)c2cc3c(cc2C1=O)O[C@]1(CCc2cc4cc(C)oc(=O)c4c(O)c2O1)C3=O. The number of allylic oxidation sites excluding steroid dienone is 2. The number of fused-ring (bicyclic) bond motifs is 4. The second kappa shape index (κ2) is 6.57. The van der Waals surface area contributed by atoms with Gasteiger partial charge in [0.25, 0.3) is 5.78 Å². The van der Waals surface area contributed by atoms with Gasteiger partial charge in [-0.25, -0.2) is 4.79 Å². The maximum atomic E-state index is 13.4. The molecule has 0 bridgehead atoms. The quantitative estimate of drug-likeness (QED) is 0.582. The van der Waals surface area contributed by atoms with Crippen molar-refractivity contribution < 1.29 is 38.1 Å². The van der Waals surface area contributed by atoms with E-state index in [0.29, 0.717) is 23.1 Å². The molecule has 1 spiro atoms. The Morgan fingerprint density at radius 1 is 1.00 bits per heavy atom. The molecular formula is C25H16O9. The van der Waals surface area contributed by atoms with Crippen LogP contribution in [-0.2, 0) is 11.2 Å². The monoisotopic (exact) mass is 460 g/mol. The van der Waals surface area contributed by atoms with Gasteiger partial charge in [0.1, 0.15) is 16.9 Å². The van der Waals surface area contributed by atoms with Gasteiger partial charge in [0.2, 0.25) is 5.78 Å². The van der Waals surface area contributed by atoms with Crippen LogP contribution in [0.5, 0.6) is 17.2 Å². The van der Waals surface area contributed by atoms with E-state index in [0.717, 1.165) is 6.08 Å². The molecule has 0 saturated carbocycles. The molecule has 0 fully saturated rings. The van der Waals surface area contributed by atoms with E-state index in [1.165, 1.54) is 19.2 Å². The number of phenols is 1. The number of Topliss-reactive ketones (excluding diaryl/α,β-unsaturated/α-hetero) is 2. The van der Waals surface area contributed by atoms with Crippen molar-refractivity contribution in [2.75, 3.05) is 7.11 Å². The summed E-state index contributed by atoms with van der Waals surface area (Å²) in [5, 5.41) is 11.3. The number of aromatic hydroxyl groups is 1. The van der Waals surface area contributed by atoms with E-state index in [4.69, 9.17) is 18.6 Å². The zero-order valence-corrected chi connectivity index (χ0v) is 18.0. The van der Waals surface area contributed by atoms with Gasteiger partial charge in [-0.3, -0.25) is 14.4 Å². The molecule has 1 atom stereocenters. The first-order valence-electron chi connectivity index (χ1n) is 10.5. The van der Waals surface area contributed by atoms with Crippen molar-refractivity contribution in [3.05, 3.63) is 74.5 Å². The molecule has 0 unspecified atom stereocenters. The molecule has 3 aliphatic rings. The summed E-state index contributed by atoms with van der Waals surface area (Å²) < 4.78 is 22.0. The van der Waals surface area contributed by atoms with Gasteiger partial charge >= 0.3 is 11.4 Å². The van der Waals surface area contributed by atoms with Crippen molar-refractivity contribution >= 4 is 28.1 Å². The fourth-order valence-electron chi connectivity index (χ4n) is 4.76. The second-order valence-electron chi connectivity index (χ2n) is 8.41. The summed E-state index contributed by atoms with van der Waals surface area (Å²) in [6.45, 7) is 1.63. The van der Waals surface area contributed by atoms with Crippen molar-refractivity contribution in [2.45, 2.75) is 25.6 Å². The highest BCUT2D eigenvalue weighted by molar-refractivity contribution is 6.25. The lowest BCUT2D eigenvalue weighted by molar-refractivity contribution is -0.0825. The fourth-order valence-corrected chi connectivity index (χ4v) is 4.76. The van der Waals surface area contributed by atoms with Crippen molar-refractivity contribution in [1.82, 2.24) is 0 Å². The minimum absolute atomic E-state index is 0.0451. The molecule has 3 heterocycles. The predicted octanol–water partition coefficient (Wildman–Crippen LogP) is 3.01. The van der Waals surface area contributed by atoms with Gasteiger partial charge in [0.05, 0.1) is 12.7 Å². The van der Waals surface area contributed by atoms with E-state index in [2.05, 4.69) is 0 Å². The first kappa shape index (κ1) is 20.2. The summed E-state index contributed by atoms with van der Waals surface area (Å²) >= 11 is 0. The third-order valence-corrected chi connectivity index (χ3v) is 6.37. The van der Waals surface area contributed by atoms with Gasteiger partial charge in [-0.1, -0.05) is 0 Å². The molecule has 1 N–H and O–H groups in total. The second-order valence-corrected chi connectivity index (χ2v) is 8.41. The number of methoxy groups -OCH3 is 1. The Bertz CT molecular complexity index is 1590. The number of carbonyl (C=O) groups is 3. The first-order valence-corrected chi connectivity index (χ1v) is 10.5. The Balaban J connectivity index is 1.45. The zero-order chi connectivity index (χ0) is 23.9. The molecule has 1 aromatic heterocycles. The Hall–Kier alpha value is -4.40. The molecule has 2 aliphatic heterocycles. The average Bonchev–Trinajstić information content (AvgIpc) is 3.06. The minimum Gasteiger partial charge on any atom is -0.504 e. The topological polar surface area (TPSA) is 129 Å². The van der Waals surface area contributed by atoms with E-state index >= 15 is 0 Å². The van der Waals surface area contributed by atoms with Crippen LogP contribution in [0.15, 0.2) is 45.3 Å². The normalized spacial score (nSPS) is 20.4. The lowest BCUT2D eigenvalue weighted by atomic mass is 9.89. The van der Waals surface area contributed by atoms with Gasteiger partial charge in [0, 0.05) is 23.6 Å². The van der Waals surface area contributed by atoms with Gasteiger partial charge in [-0.05, 0) is 48.6 Å². The van der Waals surface area contributed by atoms with Gasteiger partial charge in [0.15, 0.2) is 23.0 Å². The summed E-state index contributed by atoms with van der Waals surface area (Å²) in [6.07, 6.45) is 1.51. The summed E-state index contributed by atoms with van der Waals surface area (Å²) in [7, 11) is 1.29. The van der Waals surface area contributed by atoms with Crippen LogP contribution >= 0.6 is 0 Å². The standard InChI is InChI=1S/C25H16O9/c1-10-5-12-6-11-3-4-25(34-22(11)21(28)19(12)24(30)32-10)23(29)15-7-13-14(8-17(15)33-25)20(27)18(31-2)9-16(13)26/h5-9,28H,3-4H2,1-2H3/t25-/m0/s1. The summed E-state index contributed by atoms with van der Waals surface area (Å²) in [4.78, 5) is 50.9. The number of phenolic OH excluding ortho intramolecular Hbond substituents is 1. The summed E-state index contributed by atoms with van der Waals surface area (Å²) in [5.74, 6) is -3.43. The average molecular weight is 460 g/mol. The molecule has 34 heavy (non-hydrogen) atoms. The highest BCUT2D eigenvalue weighted by Crippen LogP contribution is 2.48. The van der Waals surface area contributed by atoms with Crippen molar-refractivity contribution in [2.24, 2.45) is 0 Å². The number of hydrogen-bond donors (Lipinski definition) is 1. The van der Waals surface area contributed by atoms with Crippen LogP contribution in [0.3, 0.4) is 0 Å². The van der Waals surface area contributed by atoms with E-state index in [-0.39, 0.29) is 45.8 Å². The Labute approximate surface area is 191 Å². The minimum atomic E-state index is -1.81. The van der Waals surface area contributed by atoms with Crippen molar-refractivity contribution in [3.8, 4) is 17.2 Å². The number of carbonyl (C=O) groups excluding carboxylic acids is 3. The first-order chi connectivity index (χ1) is 16.2. The smallest absolute Gasteiger partial charge is 0.347 e. The maximum absolute atomic E-state index is 13.4. The van der Waals surface area contributed by atoms with Crippen LogP contribution < -0.4 is 15.1 Å². The summed E-state index contributed by atoms with van der Waals surface area (Å²) in [5.41, 5.74) is 0.0915. The molecule has 0 radical (unpaired) electrons. The Kier molecular flexibility index (Phi) is 3.91. The summed E-state index contributed by atoms with van der Waals surface area (Å²) in [6, 6.07) is 6.00. The number of aryl methyl sites for hydroxylation is 2. The van der Waals surface area contributed by atoms with E-state index < -0.39 is 34.5 Å². The zero-order valence-electron chi connectivity index (χ0n) is 18.0. The molecule has 0 amide bonds. The molecule has 0 saturated heterocycles. The van der Waals surface area contributed by atoms with Crippen LogP contribution in [-0.4, -0.2) is 35.4 Å². The molecule has 2 aromatic carbocycles. The molecule has 9 nitrogen and oxygen atoms in total. The maximum Gasteiger partial charge on any atom is 0.347 e. The third kappa shape index (κ3) is 2.54. The van der Waals surface area contributed by atoms with Gasteiger partial charge in [-0.15, -0.1) is 0 Å². The highest BCUT2D eigenvalue weighted by atomic mass is 16.7. The number of ether oxygens (including phenoxy) is 3. The number of ketones is 3. The van der Waals surface area contributed by atoms with Crippen LogP contribution in [0, 0.1) is 6.92 Å². The largest absolute Gasteiger partial charge is 0.504 e. The number of hydrogen-bond acceptors (Lipinski definition) is 9. The third-order valence-electron chi connectivity index (χ3n) is 6.37. The molecule has 9 heteroatoms. The number of benzene rings is 2. The van der Waals surface area contributed by atoms with Crippen LogP contribution in [0.2, 0.25) is 0 Å². The molecule has 170 valence electrons. The van der Waals surface area contributed by atoms with Crippen molar-refractivity contribution in [1.29, 1.82) is 0 Å². The van der Waals surface area contributed by atoms with E-state index in [1.807, 2.05) is 0 Å². The van der Waals surface area contributed by atoms with Crippen molar-refractivity contribution in [3.63, 3.8) is 0 Å². The number of rotatable bonds is 1. The van der Waals surface area contributed by atoms with Crippen LogP contribution in [0.4, 0.5) is 0 Å². The van der Waals surface area contributed by atoms with E-state index in [1.54, 1.807) is 19.1 Å². The van der Waals surface area contributed by atoms with E-state index in [9.17, 15) is 24.3 Å². The molecular weight excluding hydrogens is 444 g/mol. The molecule has 3 aromatic rings. The van der Waals surface area contributed by atoms with Crippen LogP contribution in [0.25, 0.3) is 10.8 Å². The highest BCUT2D eigenvalue weighted by Gasteiger charge is 2.54. The van der Waals surface area contributed by atoms with Crippen LogP contribution in [0.1, 0.15) is 48.8 Å². The Morgan fingerprint density at radius 3 is 2.56 bits per heavy atom. The predicted molar refractivity (Wildman–Crippen MR) is 116 cm³/mol. The van der Waals surface area contributed by atoms with Gasteiger partial charge < -0.3 is 23.7 Å². The van der Waals surface area contributed by atoms with Gasteiger partial charge in [-0.2, -0.15) is 0 Å². The Morgan fingerprint density at radius 2 is 1.79 bits per heavy atom. The molecule has 6 rings (SSSR count). The molecule has 1 aliphatic carbocycles. The lowest BCUT2D eigenvalue weighted by Crippen LogP contribution is -2.48. The lowest BCUT2D eigenvalue weighted by Gasteiger charge is -2.33. The fraction of sp³-hybridized carbons (Fsp3) is 0.200.